The molecule has 41 heavy (non-hydrogen) atoms. The lowest BCUT2D eigenvalue weighted by atomic mass is 9.98. The second kappa shape index (κ2) is 12.5. The van der Waals surface area contributed by atoms with Crippen LogP contribution in [0, 0.1) is 5.82 Å². The van der Waals surface area contributed by atoms with E-state index in [2.05, 4.69) is 10.6 Å². The van der Waals surface area contributed by atoms with Gasteiger partial charge in [0.05, 0.1) is 34.8 Å². The first-order valence-electron chi connectivity index (χ1n) is 13.2. The Morgan fingerprint density at radius 1 is 1.00 bits per heavy atom. The lowest BCUT2D eigenvalue weighted by Gasteiger charge is -2.26. The van der Waals surface area contributed by atoms with E-state index >= 15 is 0 Å². The molecule has 0 unspecified atom stereocenters. The number of carbonyl (C=O) groups excluding carboxylic acids is 1. The van der Waals surface area contributed by atoms with E-state index in [1.807, 2.05) is 25.9 Å². The fraction of sp³-hybridized carbons (Fsp3) is 0.267. The van der Waals surface area contributed by atoms with Crippen molar-refractivity contribution in [2.45, 2.75) is 19.8 Å². The zero-order valence-corrected chi connectivity index (χ0v) is 24.0. The van der Waals surface area contributed by atoms with Crippen LogP contribution < -0.4 is 14.9 Å². The molecule has 11 heteroatoms. The van der Waals surface area contributed by atoms with Gasteiger partial charge in [-0.15, -0.1) is 0 Å². The highest BCUT2D eigenvalue weighted by molar-refractivity contribution is 7.92. The number of likely N-dealkylation sites (N-methyl/N-ethyl adjacent to an activating group) is 1. The van der Waals surface area contributed by atoms with Crippen LogP contribution in [-0.2, 0) is 26.0 Å². The summed E-state index contributed by atoms with van der Waals surface area (Å²) in [4.78, 5) is 26.2. The zero-order chi connectivity index (χ0) is 29.7. The molecule has 0 radical (unpaired) electrons. The molecule has 9 nitrogen and oxygen atoms in total. The van der Waals surface area contributed by atoms with Crippen molar-refractivity contribution in [1.82, 2.24) is 4.90 Å². The van der Waals surface area contributed by atoms with E-state index < -0.39 is 27.7 Å². The minimum atomic E-state index is -3.52. The lowest BCUT2D eigenvalue weighted by Crippen LogP contribution is -2.38. The normalized spacial score (nSPS) is 14.0. The average molecular weight is 581 g/mol. The van der Waals surface area contributed by atoms with Gasteiger partial charge in [-0.2, -0.15) is 0 Å². The van der Waals surface area contributed by atoms with E-state index in [-0.39, 0.29) is 12.2 Å². The van der Waals surface area contributed by atoms with Crippen molar-refractivity contribution in [3.63, 3.8) is 0 Å². The van der Waals surface area contributed by atoms with Gasteiger partial charge < -0.3 is 20.6 Å². The molecule has 1 aliphatic rings. The molecule has 0 atom stereocenters. The van der Waals surface area contributed by atoms with Crippen LogP contribution in [0.5, 0.6) is 0 Å². The van der Waals surface area contributed by atoms with Crippen molar-refractivity contribution >= 4 is 50.2 Å². The van der Waals surface area contributed by atoms with Gasteiger partial charge >= 0.3 is 5.97 Å². The van der Waals surface area contributed by atoms with Crippen molar-refractivity contribution < 1.29 is 27.5 Å². The van der Waals surface area contributed by atoms with E-state index in [0.717, 1.165) is 0 Å². The fourth-order valence-electron chi connectivity index (χ4n) is 4.58. The molecule has 216 valence electrons. The van der Waals surface area contributed by atoms with E-state index in [1.165, 1.54) is 22.5 Å². The number of anilines is 3. The van der Waals surface area contributed by atoms with Crippen LogP contribution in [-0.4, -0.2) is 63.2 Å². The molecule has 0 saturated carbocycles. The SMILES string of the molecule is CCCS(=O)(=O)N(CCN(C)C)c1ccc(N/C(=C2\C(=O)Nc3cc(F)ccc32)c2ccc(CC(=O)O)cc2)cc1. The molecule has 3 aromatic rings. The Hall–Kier alpha value is -4.22. The highest BCUT2D eigenvalue weighted by Crippen LogP contribution is 2.38. The number of hydrogen-bond acceptors (Lipinski definition) is 6. The first kappa shape index (κ1) is 29.8. The number of amides is 1. The number of aliphatic carboxylic acids is 1. The Balaban J connectivity index is 1.74. The summed E-state index contributed by atoms with van der Waals surface area (Å²) in [5.74, 6) is -1.82. The number of carboxylic acid groups (broad SMARTS) is 1. The first-order valence-corrected chi connectivity index (χ1v) is 14.8. The van der Waals surface area contributed by atoms with Gasteiger partial charge in [0.1, 0.15) is 5.82 Å². The summed E-state index contributed by atoms with van der Waals surface area (Å²) in [6.45, 7) is 2.67. The third kappa shape index (κ3) is 7.11. The van der Waals surface area contributed by atoms with Gasteiger partial charge in [0.25, 0.3) is 5.91 Å². The van der Waals surface area contributed by atoms with Crippen molar-refractivity contribution in [3.05, 3.63) is 89.2 Å². The van der Waals surface area contributed by atoms with Crippen LogP contribution in [0.4, 0.5) is 21.5 Å². The van der Waals surface area contributed by atoms with Gasteiger partial charge in [-0.1, -0.05) is 31.2 Å². The topological polar surface area (TPSA) is 119 Å². The number of halogens is 1. The summed E-state index contributed by atoms with van der Waals surface area (Å²) in [7, 11) is 0.244. The largest absolute Gasteiger partial charge is 0.481 e. The smallest absolute Gasteiger partial charge is 0.307 e. The van der Waals surface area contributed by atoms with Gasteiger partial charge in [0, 0.05) is 24.3 Å². The second-order valence-corrected chi connectivity index (χ2v) is 12.0. The summed E-state index contributed by atoms with van der Waals surface area (Å²) in [5.41, 5.74) is 3.93. The van der Waals surface area contributed by atoms with Crippen LogP contribution in [0.25, 0.3) is 11.3 Å². The van der Waals surface area contributed by atoms with Crippen LogP contribution in [0.15, 0.2) is 66.7 Å². The third-order valence-electron chi connectivity index (χ3n) is 6.55. The first-order chi connectivity index (χ1) is 19.5. The number of carboxylic acids is 1. The minimum absolute atomic E-state index is 0.0314. The molecule has 1 heterocycles. The van der Waals surface area contributed by atoms with Gasteiger partial charge in [0.2, 0.25) is 10.0 Å². The number of carbonyl (C=O) groups is 2. The molecule has 0 aromatic heterocycles. The van der Waals surface area contributed by atoms with Gasteiger partial charge in [-0.3, -0.25) is 13.9 Å². The Kier molecular flexibility index (Phi) is 9.09. The standard InChI is InChI=1S/C30H33FN4O5S/c1-4-17-41(39,40)35(16-15-34(2)3)24-12-10-23(11-13-24)32-29(21-7-5-20(6-8-21)18-27(36)37)28-25-14-9-22(31)19-26(25)33-30(28)38/h5-14,19,32H,4,15-18H2,1-3H3,(H,33,38)(H,36,37)/b29-28-. The summed E-state index contributed by atoms with van der Waals surface area (Å²) in [6.07, 6.45) is 0.352. The number of fused-ring (bicyclic) bond motifs is 1. The maximum Gasteiger partial charge on any atom is 0.307 e. The van der Waals surface area contributed by atoms with E-state index in [1.54, 1.807) is 48.5 Å². The monoisotopic (exact) mass is 580 g/mol. The highest BCUT2D eigenvalue weighted by Gasteiger charge is 2.29. The summed E-state index contributed by atoms with van der Waals surface area (Å²) >= 11 is 0. The molecule has 0 saturated heterocycles. The van der Waals surface area contributed by atoms with Gasteiger partial charge in [-0.05, 0) is 74.1 Å². The Morgan fingerprint density at radius 2 is 1.68 bits per heavy atom. The molecular formula is C30H33FN4O5S. The minimum Gasteiger partial charge on any atom is -0.481 e. The predicted octanol–water partition coefficient (Wildman–Crippen LogP) is 4.49. The van der Waals surface area contributed by atoms with Crippen molar-refractivity contribution in [3.8, 4) is 0 Å². The molecule has 1 aliphatic heterocycles. The van der Waals surface area contributed by atoms with Crippen molar-refractivity contribution in [2.24, 2.45) is 0 Å². The van der Waals surface area contributed by atoms with Gasteiger partial charge in [-0.25, -0.2) is 12.8 Å². The zero-order valence-electron chi connectivity index (χ0n) is 23.1. The fourth-order valence-corrected chi connectivity index (χ4v) is 6.12. The third-order valence-corrected chi connectivity index (χ3v) is 8.54. The molecule has 0 bridgehead atoms. The maximum absolute atomic E-state index is 13.9. The molecule has 4 rings (SSSR count). The number of hydrogen-bond donors (Lipinski definition) is 3. The van der Waals surface area contributed by atoms with Crippen LogP contribution in [0.3, 0.4) is 0 Å². The predicted molar refractivity (Wildman–Crippen MR) is 160 cm³/mol. The quantitative estimate of drug-likeness (QED) is 0.270. The molecule has 0 spiro atoms. The van der Waals surface area contributed by atoms with Crippen LogP contribution >= 0.6 is 0 Å². The molecule has 0 fully saturated rings. The lowest BCUT2D eigenvalue weighted by molar-refractivity contribution is -0.136. The molecule has 3 aromatic carbocycles. The van der Waals surface area contributed by atoms with Crippen molar-refractivity contribution in [1.29, 1.82) is 0 Å². The van der Waals surface area contributed by atoms with E-state index in [9.17, 15) is 22.4 Å². The number of benzene rings is 3. The number of nitrogens with zero attached hydrogens (tertiary/aromatic N) is 2. The molecule has 1 amide bonds. The second-order valence-electron chi connectivity index (χ2n) is 10.0. The van der Waals surface area contributed by atoms with E-state index in [4.69, 9.17) is 5.11 Å². The summed E-state index contributed by atoms with van der Waals surface area (Å²) in [5, 5.41) is 15.1. The Morgan fingerprint density at radius 3 is 2.29 bits per heavy atom. The number of nitrogens with one attached hydrogen (secondary N) is 2. The van der Waals surface area contributed by atoms with Crippen LogP contribution in [0.1, 0.15) is 30.0 Å². The van der Waals surface area contributed by atoms with E-state index in [0.29, 0.717) is 64.5 Å². The molecular weight excluding hydrogens is 547 g/mol. The summed E-state index contributed by atoms with van der Waals surface area (Å²) < 4.78 is 41.3. The number of sulfonamides is 1. The Bertz CT molecular complexity index is 1570. The molecule has 0 aliphatic carbocycles. The average Bonchev–Trinajstić information content (AvgIpc) is 3.22. The van der Waals surface area contributed by atoms with Crippen molar-refractivity contribution in [2.75, 3.05) is 47.9 Å². The van der Waals surface area contributed by atoms with Crippen LogP contribution in [0.2, 0.25) is 0 Å². The van der Waals surface area contributed by atoms with Gasteiger partial charge in [0.15, 0.2) is 0 Å². The maximum atomic E-state index is 13.9. The molecule has 3 N–H and O–H groups in total. The number of rotatable bonds is 12. The summed E-state index contributed by atoms with van der Waals surface area (Å²) in [6, 6.07) is 17.7. The highest BCUT2D eigenvalue weighted by atomic mass is 32.2. The Labute approximate surface area is 239 Å².